The Morgan fingerprint density at radius 3 is 1.08 bits per heavy atom. The van der Waals surface area contributed by atoms with Crippen LogP contribution in [0, 0.1) is 17.8 Å². The van der Waals surface area contributed by atoms with Gasteiger partial charge in [-0.2, -0.15) is 0 Å². The zero-order valence-electron chi connectivity index (χ0n) is 17.0. The van der Waals surface area contributed by atoms with Crippen molar-refractivity contribution in [3.8, 4) is 0 Å². The van der Waals surface area contributed by atoms with Crippen LogP contribution in [0.25, 0.3) is 0 Å². The highest BCUT2D eigenvalue weighted by Crippen LogP contribution is 2.57. The number of hydrogen-bond acceptors (Lipinski definition) is 4. The van der Waals surface area contributed by atoms with Gasteiger partial charge in [-0.3, -0.25) is 13.6 Å². The lowest BCUT2D eigenvalue weighted by molar-refractivity contribution is -0.0264. The van der Waals surface area contributed by atoms with Crippen LogP contribution in [0.1, 0.15) is 97.8 Å². The summed E-state index contributed by atoms with van der Waals surface area (Å²) < 4.78 is 32.4. The molecule has 0 radical (unpaired) electrons. The normalized spacial score (nSPS) is 41.5. The van der Waals surface area contributed by atoms with Gasteiger partial charge in [-0.15, -0.1) is 0 Å². The molecule has 0 amide bonds. The molecule has 3 rings (SSSR count). The fourth-order valence-electron chi connectivity index (χ4n) is 4.89. The Balaban J connectivity index is 1.71. The van der Waals surface area contributed by atoms with E-state index in [1.54, 1.807) is 0 Å². The average molecular weight is 387 g/mol. The Morgan fingerprint density at radius 1 is 0.538 bits per heavy atom. The summed E-state index contributed by atoms with van der Waals surface area (Å²) in [5.41, 5.74) is 0. The lowest BCUT2D eigenvalue weighted by Gasteiger charge is -2.38. The van der Waals surface area contributed by atoms with Crippen molar-refractivity contribution in [1.82, 2.24) is 0 Å². The van der Waals surface area contributed by atoms with E-state index in [2.05, 4.69) is 20.8 Å². The first-order valence-electron chi connectivity index (χ1n) is 11.1. The fraction of sp³-hybridized carbons (Fsp3) is 1.00. The highest BCUT2D eigenvalue weighted by atomic mass is 31.2. The molecule has 6 unspecified atom stereocenters. The third kappa shape index (κ3) is 5.56. The van der Waals surface area contributed by atoms with Crippen molar-refractivity contribution in [2.75, 3.05) is 0 Å². The molecular weight excluding hydrogens is 347 g/mol. The van der Waals surface area contributed by atoms with Crippen LogP contribution in [-0.4, -0.2) is 18.3 Å². The summed E-state index contributed by atoms with van der Waals surface area (Å²) in [6.45, 7) is 6.63. The first kappa shape index (κ1) is 20.8. The molecular formula is C21H39O4P. The number of phosphoric ester groups is 1. The summed E-state index contributed by atoms with van der Waals surface area (Å²) in [7, 11) is -3.54. The first-order chi connectivity index (χ1) is 12.5. The highest BCUT2D eigenvalue weighted by molar-refractivity contribution is 7.48. The van der Waals surface area contributed by atoms with Crippen LogP contribution in [0.5, 0.6) is 0 Å². The van der Waals surface area contributed by atoms with Gasteiger partial charge in [0.2, 0.25) is 0 Å². The van der Waals surface area contributed by atoms with E-state index in [-0.39, 0.29) is 18.3 Å². The van der Waals surface area contributed by atoms with Gasteiger partial charge < -0.3 is 0 Å². The molecule has 26 heavy (non-hydrogen) atoms. The fourth-order valence-corrected chi connectivity index (χ4v) is 6.97. The Hall–Kier alpha value is 0.110. The summed E-state index contributed by atoms with van der Waals surface area (Å²) >= 11 is 0. The summed E-state index contributed by atoms with van der Waals surface area (Å²) in [5.74, 6) is 1.28. The predicted molar refractivity (Wildman–Crippen MR) is 105 cm³/mol. The van der Waals surface area contributed by atoms with Crippen molar-refractivity contribution in [3.63, 3.8) is 0 Å². The van der Waals surface area contributed by atoms with Gasteiger partial charge in [0.25, 0.3) is 0 Å². The Labute approximate surface area is 160 Å². The quantitative estimate of drug-likeness (QED) is 0.467. The second kappa shape index (κ2) is 9.54. The summed E-state index contributed by atoms with van der Waals surface area (Å²) in [6, 6.07) is 0. The number of hydrogen-bond donors (Lipinski definition) is 0. The Kier molecular flexibility index (Phi) is 7.65. The summed E-state index contributed by atoms with van der Waals surface area (Å²) in [4.78, 5) is 0. The molecule has 0 saturated heterocycles. The second-order valence-electron chi connectivity index (χ2n) is 9.16. The zero-order chi connectivity index (χ0) is 18.6. The van der Waals surface area contributed by atoms with Crippen molar-refractivity contribution < 1.29 is 18.1 Å². The van der Waals surface area contributed by atoms with Gasteiger partial charge in [0.15, 0.2) is 0 Å². The molecule has 6 atom stereocenters. The van der Waals surface area contributed by atoms with E-state index in [1.807, 2.05) is 0 Å². The van der Waals surface area contributed by atoms with Gasteiger partial charge in [-0.05, 0) is 56.3 Å². The van der Waals surface area contributed by atoms with Crippen LogP contribution in [-0.2, 0) is 18.1 Å². The van der Waals surface area contributed by atoms with E-state index in [0.717, 1.165) is 57.8 Å². The SMILES string of the molecule is CC1CCCCC1OP(=O)(OC1CCCCC1C)OC1CCCCC1C. The van der Waals surface area contributed by atoms with Crippen LogP contribution in [0.15, 0.2) is 0 Å². The second-order valence-corrected chi connectivity index (χ2v) is 10.7. The maximum Gasteiger partial charge on any atom is 0.475 e. The number of phosphoric acid groups is 1. The highest BCUT2D eigenvalue weighted by Gasteiger charge is 2.41. The average Bonchev–Trinajstić information content (AvgIpc) is 2.61. The van der Waals surface area contributed by atoms with E-state index < -0.39 is 7.82 Å². The predicted octanol–water partition coefficient (Wildman–Crippen LogP) is 6.88. The van der Waals surface area contributed by atoms with Crippen molar-refractivity contribution >= 4 is 7.82 Å². The van der Waals surface area contributed by atoms with Crippen LogP contribution in [0.2, 0.25) is 0 Å². The minimum atomic E-state index is -3.54. The molecule has 3 aliphatic carbocycles. The minimum Gasteiger partial charge on any atom is -0.283 e. The molecule has 0 aromatic carbocycles. The third-order valence-electron chi connectivity index (χ3n) is 6.89. The molecule has 0 aliphatic heterocycles. The maximum atomic E-state index is 13.8. The van der Waals surface area contributed by atoms with E-state index >= 15 is 0 Å². The molecule has 3 saturated carbocycles. The van der Waals surface area contributed by atoms with Crippen LogP contribution in [0.3, 0.4) is 0 Å². The van der Waals surface area contributed by atoms with Gasteiger partial charge in [0.1, 0.15) is 0 Å². The van der Waals surface area contributed by atoms with Crippen molar-refractivity contribution in [2.24, 2.45) is 17.8 Å². The molecule has 4 nitrogen and oxygen atoms in total. The van der Waals surface area contributed by atoms with Gasteiger partial charge in [0.05, 0.1) is 18.3 Å². The van der Waals surface area contributed by atoms with Gasteiger partial charge >= 0.3 is 7.82 Å². The molecule has 0 aromatic rings. The molecule has 3 aliphatic rings. The molecule has 0 aromatic heterocycles. The van der Waals surface area contributed by atoms with E-state index in [4.69, 9.17) is 13.6 Å². The molecule has 0 spiro atoms. The topological polar surface area (TPSA) is 44.8 Å². The van der Waals surface area contributed by atoms with Crippen molar-refractivity contribution in [1.29, 1.82) is 0 Å². The Morgan fingerprint density at radius 2 is 0.808 bits per heavy atom. The molecule has 3 fully saturated rings. The first-order valence-corrected chi connectivity index (χ1v) is 12.6. The monoisotopic (exact) mass is 386 g/mol. The zero-order valence-corrected chi connectivity index (χ0v) is 17.9. The minimum absolute atomic E-state index is 0.00683. The van der Waals surface area contributed by atoms with Gasteiger partial charge in [0, 0.05) is 0 Å². The smallest absolute Gasteiger partial charge is 0.283 e. The van der Waals surface area contributed by atoms with Gasteiger partial charge in [-0.25, -0.2) is 4.57 Å². The van der Waals surface area contributed by atoms with E-state index in [0.29, 0.717) is 17.8 Å². The molecule has 152 valence electrons. The largest absolute Gasteiger partial charge is 0.475 e. The molecule has 5 heteroatoms. The van der Waals surface area contributed by atoms with Crippen LogP contribution in [0.4, 0.5) is 0 Å². The lowest BCUT2D eigenvalue weighted by atomic mass is 9.88. The maximum absolute atomic E-state index is 13.8. The summed E-state index contributed by atoms with van der Waals surface area (Å²) in [5, 5.41) is 0. The van der Waals surface area contributed by atoms with Crippen molar-refractivity contribution in [3.05, 3.63) is 0 Å². The summed E-state index contributed by atoms with van der Waals surface area (Å²) in [6.07, 6.45) is 13.5. The number of rotatable bonds is 6. The van der Waals surface area contributed by atoms with Crippen molar-refractivity contribution in [2.45, 2.75) is 116 Å². The van der Waals surface area contributed by atoms with Crippen LogP contribution < -0.4 is 0 Å². The standard InChI is InChI=1S/C21H39O4P/c1-16-10-4-7-13-19(16)23-26(22,24-20-14-8-5-11-17(20)2)25-21-15-9-6-12-18(21)3/h16-21H,4-15H2,1-3H3. The van der Waals surface area contributed by atoms with Gasteiger partial charge in [-0.1, -0.05) is 59.3 Å². The Bertz CT molecular complexity index is 416. The molecule has 0 heterocycles. The molecule has 0 N–H and O–H groups in total. The van der Waals surface area contributed by atoms with E-state index in [1.165, 1.54) is 19.3 Å². The van der Waals surface area contributed by atoms with Crippen LogP contribution >= 0.6 is 7.82 Å². The molecule has 0 bridgehead atoms. The lowest BCUT2D eigenvalue weighted by Crippen LogP contribution is -2.32. The van der Waals surface area contributed by atoms with E-state index in [9.17, 15) is 4.57 Å². The third-order valence-corrected chi connectivity index (χ3v) is 8.48.